The molecule has 23 heavy (non-hydrogen) atoms. The van der Waals surface area contributed by atoms with Crippen molar-refractivity contribution in [1.82, 2.24) is 14.9 Å². The molecular weight excluding hydrogens is 307 g/mol. The lowest BCUT2D eigenvalue weighted by Gasteiger charge is -2.38. The number of aliphatic hydroxyl groups is 1. The second-order valence-electron chi connectivity index (χ2n) is 5.96. The summed E-state index contributed by atoms with van der Waals surface area (Å²) in [6.07, 6.45) is -0.232. The Hall–Kier alpha value is -1.86. The third kappa shape index (κ3) is 3.56. The van der Waals surface area contributed by atoms with Gasteiger partial charge in [0.15, 0.2) is 0 Å². The van der Waals surface area contributed by atoms with Crippen molar-refractivity contribution in [1.29, 1.82) is 0 Å². The Bertz CT molecular complexity index is 647. The molecule has 7 heteroatoms. The van der Waals surface area contributed by atoms with E-state index in [9.17, 15) is 18.3 Å². The van der Waals surface area contributed by atoms with Crippen LogP contribution in [-0.2, 0) is 18.3 Å². The first kappa shape index (κ1) is 16.0. The van der Waals surface area contributed by atoms with Crippen molar-refractivity contribution >= 4 is 0 Å². The van der Waals surface area contributed by atoms with E-state index in [1.54, 1.807) is 18.6 Å². The quantitative estimate of drug-likeness (QED) is 0.912. The summed E-state index contributed by atoms with van der Waals surface area (Å²) in [5, 5.41) is 10.8. The summed E-state index contributed by atoms with van der Waals surface area (Å²) in [7, 11) is 0. The van der Waals surface area contributed by atoms with Crippen LogP contribution in [0.5, 0.6) is 0 Å². The first-order chi connectivity index (χ1) is 10.9. The van der Waals surface area contributed by atoms with Crippen molar-refractivity contribution in [2.24, 2.45) is 0 Å². The number of benzene rings is 1. The molecule has 1 fully saturated rings. The van der Waals surface area contributed by atoms with Crippen LogP contribution < -0.4 is 0 Å². The topological polar surface area (TPSA) is 52.1 Å². The van der Waals surface area contributed by atoms with Gasteiger partial charge in [0.1, 0.15) is 0 Å². The molecular formula is C16H18F3N3O. The van der Waals surface area contributed by atoms with Crippen molar-refractivity contribution in [2.45, 2.75) is 31.2 Å². The molecule has 3 rings (SSSR count). The Morgan fingerprint density at radius 3 is 2.61 bits per heavy atom. The first-order valence-electron chi connectivity index (χ1n) is 7.47. The Kier molecular flexibility index (Phi) is 4.16. The van der Waals surface area contributed by atoms with Crippen LogP contribution in [0.25, 0.3) is 0 Å². The number of hydrogen-bond acceptors (Lipinski definition) is 3. The average Bonchev–Trinajstić information content (AvgIpc) is 3.02. The molecule has 1 saturated heterocycles. The van der Waals surface area contributed by atoms with E-state index in [1.807, 2.05) is 0 Å². The summed E-state index contributed by atoms with van der Waals surface area (Å²) >= 11 is 0. The lowest BCUT2D eigenvalue weighted by molar-refractivity contribution is -0.137. The third-order valence-electron chi connectivity index (χ3n) is 4.36. The zero-order valence-electron chi connectivity index (χ0n) is 12.5. The van der Waals surface area contributed by atoms with Gasteiger partial charge in [0.05, 0.1) is 17.5 Å². The van der Waals surface area contributed by atoms with Crippen molar-refractivity contribution in [3.8, 4) is 0 Å². The lowest BCUT2D eigenvalue weighted by atomic mass is 9.83. The van der Waals surface area contributed by atoms with E-state index in [0.717, 1.165) is 17.8 Å². The van der Waals surface area contributed by atoms with Crippen LogP contribution in [-0.4, -0.2) is 33.1 Å². The minimum Gasteiger partial charge on any atom is -0.385 e. The predicted octanol–water partition coefficient (Wildman–Crippen LogP) is 2.91. The molecule has 2 aromatic rings. The molecule has 2 N–H and O–H groups in total. The minimum absolute atomic E-state index is 0.341. The molecule has 0 unspecified atom stereocenters. The smallest absolute Gasteiger partial charge is 0.385 e. The average molecular weight is 325 g/mol. The Labute approximate surface area is 132 Å². The van der Waals surface area contributed by atoms with E-state index < -0.39 is 17.3 Å². The van der Waals surface area contributed by atoms with Crippen LogP contribution in [0.1, 0.15) is 29.7 Å². The molecule has 1 aliphatic heterocycles. The second-order valence-corrected chi connectivity index (χ2v) is 5.96. The highest BCUT2D eigenvalue weighted by molar-refractivity contribution is 5.30. The number of aromatic nitrogens is 2. The Morgan fingerprint density at radius 2 is 2.00 bits per heavy atom. The van der Waals surface area contributed by atoms with Gasteiger partial charge in [0, 0.05) is 31.5 Å². The van der Waals surface area contributed by atoms with E-state index in [0.29, 0.717) is 38.0 Å². The van der Waals surface area contributed by atoms with E-state index in [2.05, 4.69) is 14.9 Å². The van der Waals surface area contributed by atoms with Crippen LogP contribution in [0.15, 0.2) is 36.8 Å². The number of aromatic amines is 1. The molecule has 0 aliphatic carbocycles. The number of halogens is 3. The van der Waals surface area contributed by atoms with Gasteiger partial charge in [-0.05, 0) is 30.5 Å². The van der Waals surface area contributed by atoms with Gasteiger partial charge in [-0.3, -0.25) is 4.90 Å². The maximum absolute atomic E-state index is 12.8. The standard InChI is InChI=1S/C16H18F3N3O/c17-16(18,19)13-3-1-2-12(8-13)15(23)4-6-22(7-5-15)10-14-9-20-11-21-14/h1-3,8-9,11,23H,4-7,10H2,(H,20,21). The number of H-pyrrole nitrogens is 1. The molecule has 0 atom stereocenters. The van der Waals surface area contributed by atoms with Gasteiger partial charge in [0.25, 0.3) is 0 Å². The zero-order chi connectivity index (χ0) is 16.5. The Morgan fingerprint density at radius 1 is 1.26 bits per heavy atom. The fourth-order valence-electron chi connectivity index (χ4n) is 2.97. The van der Waals surface area contributed by atoms with Crippen molar-refractivity contribution in [3.63, 3.8) is 0 Å². The highest BCUT2D eigenvalue weighted by Gasteiger charge is 2.37. The molecule has 0 amide bonds. The Balaban J connectivity index is 1.69. The number of likely N-dealkylation sites (tertiary alicyclic amines) is 1. The molecule has 1 aliphatic rings. The number of nitrogens with zero attached hydrogens (tertiary/aromatic N) is 2. The zero-order valence-corrected chi connectivity index (χ0v) is 12.5. The molecule has 0 bridgehead atoms. The number of hydrogen-bond donors (Lipinski definition) is 2. The van der Waals surface area contributed by atoms with Crippen molar-refractivity contribution in [3.05, 3.63) is 53.6 Å². The molecule has 0 spiro atoms. The third-order valence-corrected chi connectivity index (χ3v) is 4.36. The summed E-state index contributed by atoms with van der Waals surface area (Å²) in [5.41, 5.74) is -0.600. The normalized spacial score (nSPS) is 19.0. The molecule has 1 aromatic carbocycles. The summed E-state index contributed by atoms with van der Waals surface area (Å²) in [6, 6.07) is 5.01. The van der Waals surface area contributed by atoms with Gasteiger partial charge in [-0.1, -0.05) is 12.1 Å². The molecule has 124 valence electrons. The van der Waals surface area contributed by atoms with E-state index in [4.69, 9.17) is 0 Å². The number of rotatable bonds is 3. The van der Waals surface area contributed by atoms with Crippen LogP contribution in [0, 0.1) is 0 Å². The predicted molar refractivity (Wildman–Crippen MR) is 78.4 cm³/mol. The molecule has 0 radical (unpaired) electrons. The molecule has 1 aromatic heterocycles. The first-order valence-corrected chi connectivity index (χ1v) is 7.47. The summed E-state index contributed by atoms with van der Waals surface area (Å²) in [6.45, 7) is 1.93. The van der Waals surface area contributed by atoms with Gasteiger partial charge in [-0.15, -0.1) is 0 Å². The summed E-state index contributed by atoms with van der Waals surface area (Å²) in [4.78, 5) is 9.13. The van der Waals surface area contributed by atoms with Gasteiger partial charge in [-0.2, -0.15) is 13.2 Å². The van der Waals surface area contributed by atoms with Crippen LogP contribution in [0.3, 0.4) is 0 Å². The number of imidazole rings is 1. The van der Waals surface area contributed by atoms with Gasteiger partial charge in [0.2, 0.25) is 0 Å². The van der Waals surface area contributed by atoms with E-state index in [-0.39, 0.29) is 0 Å². The highest BCUT2D eigenvalue weighted by atomic mass is 19.4. The fourth-order valence-corrected chi connectivity index (χ4v) is 2.97. The molecule has 0 saturated carbocycles. The fraction of sp³-hybridized carbons (Fsp3) is 0.438. The number of piperidine rings is 1. The second kappa shape index (κ2) is 5.98. The summed E-state index contributed by atoms with van der Waals surface area (Å²) in [5.74, 6) is 0. The number of alkyl halides is 3. The van der Waals surface area contributed by atoms with Crippen molar-refractivity contribution < 1.29 is 18.3 Å². The molecule has 2 heterocycles. The van der Waals surface area contributed by atoms with Crippen LogP contribution in [0.4, 0.5) is 13.2 Å². The van der Waals surface area contributed by atoms with E-state index >= 15 is 0 Å². The largest absolute Gasteiger partial charge is 0.416 e. The summed E-state index contributed by atoms with van der Waals surface area (Å²) < 4.78 is 38.5. The number of nitrogens with one attached hydrogen (secondary N) is 1. The maximum atomic E-state index is 12.8. The monoisotopic (exact) mass is 325 g/mol. The molecule has 4 nitrogen and oxygen atoms in total. The van der Waals surface area contributed by atoms with Crippen molar-refractivity contribution in [2.75, 3.05) is 13.1 Å². The maximum Gasteiger partial charge on any atom is 0.416 e. The van der Waals surface area contributed by atoms with Crippen LogP contribution in [0.2, 0.25) is 0 Å². The SMILES string of the molecule is OC1(c2cccc(C(F)(F)F)c2)CCN(Cc2cnc[nH]2)CC1. The van der Waals surface area contributed by atoms with Gasteiger partial charge in [-0.25, -0.2) is 4.98 Å². The minimum atomic E-state index is -4.40. The highest BCUT2D eigenvalue weighted by Crippen LogP contribution is 2.36. The van der Waals surface area contributed by atoms with Gasteiger partial charge < -0.3 is 10.1 Å². The van der Waals surface area contributed by atoms with Crippen LogP contribution >= 0.6 is 0 Å². The van der Waals surface area contributed by atoms with Gasteiger partial charge >= 0.3 is 6.18 Å². The lowest BCUT2D eigenvalue weighted by Crippen LogP contribution is -2.42. The van der Waals surface area contributed by atoms with E-state index in [1.165, 1.54) is 6.07 Å².